The summed E-state index contributed by atoms with van der Waals surface area (Å²) in [4.78, 5) is 38.2. The summed E-state index contributed by atoms with van der Waals surface area (Å²) in [5.74, 6) is -0.905. The molecule has 0 bridgehead atoms. The molecule has 0 aliphatic heterocycles. The van der Waals surface area contributed by atoms with Crippen LogP contribution < -0.4 is 0 Å². The summed E-state index contributed by atoms with van der Waals surface area (Å²) in [5.41, 5.74) is 0. The van der Waals surface area contributed by atoms with Crippen molar-refractivity contribution in [2.75, 3.05) is 13.2 Å². The number of hydrogen-bond donors (Lipinski definition) is 0. The van der Waals surface area contributed by atoms with Gasteiger partial charge in [-0.15, -0.1) is 0 Å². The maximum atomic E-state index is 12.9. The van der Waals surface area contributed by atoms with Crippen LogP contribution in [0, 0.1) is 0 Å². The smallest absolute Gasteiger partial charge is 0.306 e. The highest BCUT2D eigenvalue weighted by molar-refractivity contribution is 5.71. The van der Waals surface area contributed by atoms with Crippen molar-refractivity contribution in [3.05, 3.63) is 97.2 Å². The molecule has 0 aromatic rings. The zero-order valence-corrected chi connectivity index (χ0v) is 46.5. The van der Waals surface area contributed by atoms with Gasteiger partial charge in [-0.25, -0.2) is 0 Å². The van der Waals surface area contributed by atoms with Crippen LogP contribution in [0.5, 0.6) is 0 Å². The lowest BCUT2D eigenvalue weighted by atomic mass is 10.1. The molecule has 0 N–H and O–H groups in total. The van der Waals surface area contributed by atoms with Gasteiger partial charge in [-0.1, -0.05) is 253 Å². The van der Waals surface area contributed by atoms with Crippen molar-refractivity contribution in [3.63, 3.8) is 0 Å². The first-order valence-electron chi connectivity index (χ1n) is 29.7. The molecule has 6 nitrogen and oxygen atoms in total. The van der Waals surface area contributed by atoms with Crippen LogP contribution in [-0.4, -0.2) is 37.2 Å². The second-order valence-corrected chi connectivity index (χ2v) is 19.5. The second-order valence-electron chi connectivity index (χ2n) is 19.5. The Morgan fingerprint density at radius 3 is 0.887 bits per heavy atom. The quantitative estimate of drug-likeness (QED) is 0.0261. The molecule has 0 radical (unpaired) electrons. The maximum absolute atomic E-state index is 12.9. The Kier molecular flexibility index (Phi) is 55.9. The molecule has 0 aromatic carbocycles. The summed E-state index contributed by atoms with van der Waals surface area (Å²) >= 11 is 0. The first-order chi connectivity index (χ1) is 35.0. The lowest BCUT2D eigenvalue weighted by molar-refractivity contribution is -0.167. The summed E-state index contributed by atoms with van der Waals surface area (Å²) in [6, 6.07) is 0. The van der Waals surface area contributed by atoms with E-state index in [2.05, 4.69) is 118 Å². The largest absolute Gasteiger partial charge is 0.462 e. The van der Waals surface area contributed by atoms with Gasteiger partial charge in [0, 0.05) is 19.3 Å². The third kappa shape index (κ3) is 57.1. The number of hydrogen-bond acceptors (Lipinski definition) is 6. The van der Waals surface area contributed by atoms with Crippen molar-refractivity contribution in [2.45, 2.75) is 284 Å². The average Bonchev–Trinajstić information content (AvgIpc) is 3.37. The molecule has 71 heavy (non-hydrogen) atoms. The van der Waals surface area contributed by atoms with Crippen LogP contribution in [0.1, 0.15) is 278 Å². The summed E-state index contributed by atoms with van der Waals surface area (Å²) in [5, 5.41) is 0. The number of allylic oxidation sites excluding steroid dienone is 16. The van der Waals surface area contributed by atoms with Crippen LogP contribution in [0.3, 0.4) is 0 Å². The molecule has 0 fully saturated rings. The fraction of sp³-hybridized carbons (Fsp3) is 0.708. The Morgan fingerprint density at radius 1 is 0.296 bits per heavy atom. The number of carbonyl (C=O) groups excluding carboxylic acids is 3. The van der Waals surface area contributed by atoms with Crippen LogP contribution in [0.2, 0.25) is 0 Å². The minimum atomic E-state index is -0.789. The molecule has 0 rings (SSSR count). The maximum Gasteiger partial charge on any atom is 0.306 e. The predicted octanol–water partition coefficient (Wildman–Crippen LogP) is 20.1. The van der Waals surface area contributed by atoms with Gasteiger partial charge in [0.15, 0.2) is 6.10 Å². The van der Waals surface area contributed by atoms with E-state index in [0.29, 0.717) is 19.3 Å². The molecule has 406 valence electrons. The van der Waals surface area contributed by atoms with Gasteiger partial charge in [-0.3, -0.25) is 14.4 Å². The van der Waals surface area contributed by atoms with E-state index in [0.717, 1.165) is 122 Å². The highest BCUT2D eigenvalue weighted by Gasteiger charge is 2.19. The van der Waals surface area contributed by atoms with Crippen LogP contribution in [0.15, 0.2) is 97.2 Å². The predicted molar refractivity (Wildman–Crippen MR) is 307 cm³/mol. The molecular formula is C65H110O6. The molecule has 6 heteroatoms. The monoisotopic (exact) mass is 987 g/mol. The molecular weight excluding hydrogens is 877 g/mol. The van der Waals surface area contributed by atoms with Crippen molar-refractivity contribution in [2.24, 2.45) is 0 Å². The molecule has 0 aliphatic rings. The van der Waals surface area contributed by atoms with E-state index in [1.165, 1.54) is 116 Å². The zero-order chi connectivity index (χ0) is 51.4. The zero-order valence-electron chi connectivity index (χ0n) is 46.5. The molecule has 0 saturated heterocycles. The minimum absolute atomic E-state index is 0.0851. The lowest BCUT2D eigenvalue weighted by Crippen LogP contribution is -2.30. The summed E-state index contributed by atoms with van der Waals surface area (Å²) in [6.45, 7) is 6.48. The van der Waals surface area contributed by atoms with Gasteiger partial charge in [-0.05, 0) is 103 Å². The van der Waals surface area contributed by atoms with Gasteiger partial charge in [-0.2, -0.15) is 0 Å². The van der Waals surface area contributed by atoms with E-state index in [9.17, 15) is 14.4 Å². The fourth-order valence-corrected chi connectivity index (χ4v) is 8.12. The molecule has 1 unspecified atom stereocenters. The van der Waals surface area contributed by atoms with Crippen LogP contribution >= 0.6 is 0 Å². The van der Waals surface area contributed by atoms with E-state index in [4.69, 9.17) is 14.2 Å². The molecule has 0 saturated carbocycles. The first kappa shape index (κ1) is 67.3. The number of ether oxygens (including phenoxy) is 3. The number of unbranched alkanes of at least 4 members (excludes halogenated alkanes) is 26. The molecule has 0 aliphatic carbocycles. The van der Waals surface area contributed by atoms with Crippen LogP contribution in [-0.2, 0) is 28.6 Å². The van der Waals surface area contributed by atoms with Crippen LogP contribution in [0.4, 0.5) is 0 Å². The lowest BCUT2D eigenvalue weighted by Gasteiger charge is -2.18. The topological polar surface area (TPSA) is 78.9 Å². The van der Waals surface area contributed by atoms with Crippen molar-refractivity contribution in [1.82, 2.24) is 0 Å². The molecule has 0 amide bonds. The number of rotatable bonds is 53. The van der Waals surface area contributed by atoms with Gasteiger partial charge in [0.1, 0.15) is 13.2 Å². The van der Waals surface area contributed by atoms with E-state index in [-0.39, 0.29) is 31.1 Å². The Balaban J connectivity index is 4.37. The van der Waals surface area contributed by atoms with Gasteiger partial charge < -0.3 is 14.2 Å². The van der Waals surface area contributed by atoms with Crippen molar-refractivity contribution < 1.29 is 28.6 Å². The summed E-state index contributed by atoms with van der Waals surface area (Å²) in [6.07, 6.45) is 78.2. The highest BCUT2D eigenvalue weighted by atomic mass is 16.6. The van der Waals surface area contributed by atoms with E-state index in [1.54, 1.807) is 0 Å². The normalized spacial score (nSPS) is 12.8. The fourth-order valence-electron chi connectivity index (χ4n) is 8.12. The number of carbonyl (C=O) groups is 3. The van der Waals surface area contributed by atoms with Crippen molar-refractivity contribution in [3.8, 4) is 0 Å². The van der Waals surface area contributed by atoms with Gasteiger partial charge in [0.2, 0.25) is 0 Å². The molecule has 0 aromatic heterocycles. The van der Waals surface area contributed by atoms with Crippen LogP contribution in [0.25, 0.3) is 0 Å². The SMILES string of the molecule is CC/C=C\C/C=C\C/C=C\C/C=C\C/C=C\CCCCCCCCCC(=O)OCC(COC(=O)CCCCCCCCCCCCC)OC(=O)CCCCCCCC/C=C\C/C=C\C/C=C\CCCCC. The summed E-state index contributed by atoms with van der Waals surface area (Å²) < 4.78 is 16.9. The van der Waals surface area contributed by atoms with E-state index >= 15 is 0 Å². The molecule has 0 heterocycles. The van der Waals surface area contributed by atoms with Gasteiger partial charge in [0.25, 0.3) is 0 Å². The second kappa shape index (κ2) is 58.9. The average molecular weight is 988 g/mol. The van der Waals surface area contributed by atoms with Crippen molar-refractivity contribution in [1.29, 1.82) is 0 Å². The molecule has 1 atom stereocenters. The highest BCUT2D eigenvalue weighted by Crippen LogP contribution is 2.15. The Labute approximate surface area is 438 Å². The van der Waals surface area contributed by atoms with E-state index < -0.39 is 6.10 Å². The Morgan fingerprint density at radius 2 is 0.549 bits per heavy atom. The Hall–Kier alpha value is -3.67. The standard InChI is InChI=1S/C65H110O6/c1-4-7-10-13-16-19-22-24-26-28-30-31-32-33-35-36-38-40-43-46-49-52-55-58-64(67)70-61-62(60-69-63(66)57-54-51-48-45-42-21-18-15-12-9-6-3)71-65(68)59-56-53-50-47-44-41-39-37-34-29-27-25-23-20-17-14-11-8-5-2/h7,10,16-17,19-20,24-27,30-31,33-35,37,62H,4-6,8-9,11-15,18,21-23,28-29,32,36,38-61H2,1-3H3/b10-7-,19-16-,20-17-,26-24-,27-25-,31-30-,35-33-,37-34-. The number of esters is 3. The third-order valence-electron chi connectivity index (χ3n) is 12.6. The van der Waals surface area contributed by atoms with Gasteiger partial charge in [0.05, 0.1) is 0 Å². The van der Waals surface area contributed by atoms with Crippen molar-refractivity contribution >= 4 is 17.9 Å². The third-order valence-corrected chi connectivity index (χ3v) is 12.6. The Bertz CT molecular complexity index is 1410. The molecule has 0 spiro atoms. The first-order valence-corrected chi connectivity index (χ1v) is 29.7. The summed E-state index contributed by atoms with van der Waals surface area (Å²) in [7, 11) is 0. The van der Waals surface area contributed by atoms with E-state index in [1.807, 2.05) is 0 Å². The minimum Gasteiger partial charge on any atom is -0.462 e. The van der Waals surface area contributed by atoms with Gasteiger partial charge >= 0.3 is 17.9 Å².